The maximum Gasteiger partial charge on any atom is 0.262 e. The molecule has 0 aliphatic carbocycles. The van der Waals surface area contributed by atoms with Crippen LogP contribution in [0, 0.1) is 0 Å². The Morgan fingerprint density at radius 1 is 0.964 bits per heavy atom. The molecule has 0 unspecified atom stereocenters. The minimum atomic E-state index is -3.92. The van der Waals surface area contributed by atoms with Gasteiger partial charge in [-0.15, -0.1) is 0 Å². The summed E-state index contributed by atoms with van der Waals surface area (Å²) in [7, 11) is -1.03. The first-order chi connectivity index (χ1) is 13.4. The second-order valence-corrected chi connectivity index (χ2v) is 7.22. The number of amides is 1. The highest BCUT2D eigenvalue weighted by atomic mass is 32.2. The number of rotatable bonds is 8. The molecule has 0 radical (unpaired) electrons. The summed E-state index contributed by atoms with van der Waals surface area (Å²) in [5.41, 5.74) is 0.543. The summed E-state index contributed by atoms with van der Waals surface area (Å²) in [6.45, 7) is 1.83. The molecule has 0 fully saturated rings. The van der Waals surface area contributed by atoms with E-state index < -0.39 is 15.9 Å². The van der Waals surface area contributed by atoms with Gasteiger partial charge in [-0.3, -0.25) is 9.52 Å². The molecule has 0 atom stereocenters. The molecular weight excluding hydrogens is 380 g/mol. The molecule has 148 valence electrons. The summed E-state index contributed by atoms with van der Waals surface area (Å²) in [4.78, 5) is 12.0. The Bertz CT molecular complexity index is 997. The number of allylic oxidation sites excluding steroid dienone is 3. The zero-order valence-corrected chi connectivity index (χ0v) is 16.6. The van der Waals surface area contributed by atoms with Crippen molar-refractivity contribution in [2.75, 3.05) is 24.3 Å². The average molecular weight is 402 g/mol. The lowest BCUT2D eigenvalue weighted by Gasteiger charge is -2.14. The summed E-state index contributed by atoms with van der Waals surface area (Å²) in [5.74, 6) is 0.315. The van der Waals surface area contributed by atoms with Gasteiger partial charge in [-0.1, -0.05) is 30.4 Å². The molecule has 0 saturated carbocycles. The number of hydrogen-bond donors (Lipinski definition) is 2. The molecule has 0 spiro atoms. The van der Waals surface area contributed by atoms with Crippen molar-refractivity contribution >= 4 is 27.3 Å². The SMILES string of the molecule is C/C=C/C=C/C(=O)Nc1cc(S(=O)(=O)Nc2ccccc2OC)ccc1OC. The van der Waals surface area contributed by atoms with Crippen LogP contribution in [-0.4, -0.2) is 28.5 Å². The van der Waals surface area contributed by atoms with Crippen LogP contribution in [-0.2, 0) is 14.8 Å². The highest BCUT2D eigenvalue weighted by Crippen LogP contribution is 2.30. The number of ether oxygens (including phenoxy) is 2. The maximum absolute atomic E-state index is 12.8. The Kier molecular flexibility index (Phi) is 7.22. The van der Waals surface area contributed by atoms with Gasteiger partial charge in [-0.2, -0.15) is 0 Å². The first kappa shape index (κ1) is 21.0. The fourth-order valence-corrected chi connectivity index (χ4v) is 3.41. The van der Waals surface area contributed by atoms with Gasteiger partial charge in [0.05, 0.1) is 30.5 Å². The number of carbonyl (C=O) groups is 1. The second kappa shape index (κ2) is 9.61. The molecule has 2 aromatic carbocycles. The van der Waals surface area contributed by atoms with Crippen LogP contribution in [0.2, 0.25) is 0 Å². The smallest absolute Gasteiger partial charge is 0.262 e. The van der Waals surface area contributed by atoms with Crippen LogP contribution < -0.4 is 19.5 Å². The number of carbonyl (C=O) groups excluding carboxylic acids is 1. The fourth-order valence-electron chi connectivity index (χ4n) is 2.31. The molecule has 0 bridgehead atoms. The Labute approximate surface area is 164 Å². The van der Waals surface area contributed by atoms with Crippen LogP contribution in [0.25, 0.3) is 0 Å². The second-order valence-electron chi connectivity index (χ2n) is 5.54. The van der Waals surface area contributed by atoms with Crippen molar-refractivity contribution in [2.45, 2.75) is 11.8 Å². The van der Waals surface area contributed by atoms with Gasteiger partial charge in [-0.25, -0.2) is 8.42 Å². The minimum absolute atomic E-state index is 0.0352. The van der Waals surface area contributed by atoms with E-state index in [1.54, 1.807) is 42.5 Å². The number of methoxy groups -OCH3 is 2. The number of hydrogen-bond acceptors (Lipinski definition) is 5. The number of sulfonamides is 1. The zero-order valence-electron chi connectivity index (χ0n) is 15.8. The van der Waals surface area contributed by atoms with Crippen molar-refractivity contribution in [3.63, 3.8) is 0 Å². The van der Waals surface area contributed by atoms with Gasteiger partial charge >= 0.3 is 0 Å². The molecule has 8 heteroatoms. The van der Waals surface area contributed by atoms with Crippen LogP contribution in [0.15, 0.2) is 71.7 Å². The number of benzene rings is 2. The quantitative estimate of drug-likeness (QED) is 0.520. The number of para-hydroxylation sites is 2. The third kappa shape index (κ3) is 5.37. The molecular formula is C20H22N2O5S. The van der Waals surface area contributed by atoms with Crippen LogP contribution in [0.1, 0.15) is 6.92 Å². The van der Waals surface area contributed by atoms with Crippen molar-refractivity contribution in [1.29, 1.82) is 0 Å². The standard InChI is InChI=1S/C20H22N2O5S/c1-4-5-6-11-20(23)21-17-14-15(12-13-19(17)27-3)28(24,25)22-16-9-7-8-10-18(16)26-2/h4-14,22H,1-3H3,(H,21,23)/b5-4+,11-6+. The van der Waals surface area contributed by atoms with E-state index >= 15 is 0 Å². The third-order valence-electron chi connectivity index (χ3n) is 3.64. The summed E-state index contributed by atoms with van der Waals surface area (Å²) in [5, 5.41) is 2.62. The molecule has 0 heterocycles. The van der Waals surface area contributed by atoms with Crippen molar-refractivity contribution in [3.8, 4) is 11.5 Å². The van der Waals surface area contributed by atoms with Crippen LogP contribution in [0.5, 0.6) is 11.5 Å². The predicted octanol–water partition coefficient (Wildman–Crippen LogP) is 3.58. The van der Waals surface area contributed by atoms with E-state index in [1.165, 1.54) is 38.5 Å². The fraction of sp³-hybridized carbons (Fsp3) is 0.150. The molecule has 0 saturated heterocycles. The largest absolute Gasteiger partial charge is 0.495 e. The van der Waals surface area contributed by atoms with E-state index in [9.17, 15) is 13.2 Å². The molecule has 2 aromatic rings. The van der Waals surface area contributed by atoms with Crippen LogP contribution >= 0.6 is 0 Å². The Morgan fingerprint density at radius 3 is 2.32 bits per heavy atom. The van der Waals surface area contributed by atoms with Gasteiger partial charge in [0.2, 0.25) is 5.91 Å². The van der Waals surface area contributed by atoms with E-state index in [1.807, 2.05) is 6.92 Å². The van der Waals surface area contributed by atoms with Gasteiger partial charge in [0.25, 0.3) is 10.0 Å². The lowest BCUT2D eigenvalue weighted by Crippen LogP contribution is -2.15. The van der Waals surface area contributed by atoms with Crippen molar-refractivity contribution in [1.82, 2.24) is 0 Å². The van der Waals surface area contributed by atoms with E-state index in [0.29, 0.717) is 17.2 Å². The van der Waals surface area contributed by atoms with E-state index in [2.05, 4.69) is 10.0 Å². The van der Waals surface area contributed by atoms with Crippen molar-refractivity contribution < 1.29 is 22.7 Å². The van der Waals surface area contributed by atoms with Crippen molar-refractivity contribution in [3.05, 3.63) is 66.8 Å². The molecule has 0 aliphatic rings. The maximum atomic E-state index is 12.8. The van der Waals surface area contributed by atoms with Gasteiger partial charge in [-0.05, 0) is 37.3 Å². The zero-order chi connectivity index (χ0) is 20.6. The average Bonchev–Trinajstić information content (AvgIpc) is 2.68. The monoisotopic (exact) mass is 402 g/mol. The van der Waals surface area contributed by atoms with E-state index in [-0.39, 0.29) is 10.6 Å². The molecule has 7 nitrogen and oxygen atoms in total. The van der Waals surface area contributed by atoms with Gasteiger partial charge in [0.15, 0.2) is 0 Å². The summed E-state index contributed by atoms with van der Waals surface area (Å²) in [6.07, 6.45) is 6.38. The van der Waals surface area contributed by atoms with Crippen LogP contribution in [0.3, 0.4) is 0 Å². The summed E-state index contributed by atoms with van der Waals surface area (Å²) < 4.78 is 38.4. The molecule has 28 heavy (non-hydrogen) atoms. The third-order valence-corrected chi connectivity index (χ3v) is 5.00. The Hall–Kier alpha value is -3.26. The van der Waals surface area contributed by atoms with Gasteiger partial charge in [0.1, 0.15) is 11.5 Å². The number of nitrogens with one attached hydrogen (secondary N) is 2. The van der Waals surface area contributed by atoms with Crippen LogP contribution in [0.4, 0.5) is 11.4 Å². The minimum Gasteiger partial charge on any atom is -0.495 e. The topological polar surface area (TPSA) is 93.7 Å². The Morgan fingerprint density at radius 2 is 1.64 bits per heavy atom. The highest BCUT2D eigenvalue weighted by molar-refractivity contribution is 7.92. The van der Waals surface area contributed by atoms with E-state index in [0.717, 1.165) is 0 Å². The first-order valence-corrected chi connectivity index (χ1v) is 9.84. The lowest BCUT2D eigenvalue weighted by molar-refractivity contribution is -0.111. The molecule has 0 aliphatic heterocycles. The molecule has 1 amide bonds. The first-order valence-electron chi connectivity index (χ1n) is 8.35. The van der Waals surface area contributed by atoms with Gasteiger partial charge < -0.3 is 14.8 Å². The summed E-state index contributed by atoms with van der Waals surface area (Å²) >= 11 is 0. The van der Waals surface area contributed by atoms with Gasteiger partial charge in [0, 0.05) is 6.08 Å². The van der Waals surface area contributed by atoms with Crippen molar-refractivity contribution in [2.24, 2.45) is 0 Å². The molecule has 2 N–H and O–H groups in total. The molecule has 0 aromatic heterocycles. The highest BCUT2D eigenvalue weighted by Gasteiger charge is 2.19. The lowest BCUT2D eigenvalue weighted by atomic mass is 10.3. The van der Waals surface area contributed by atoms with E-state index in [4.69, 9.17) is 9.47 Å². The molecule has 2 rings (SSSR count). The predicted molar refractivity (Wildman–Crippen MR) is 109 cm³/mol. The number of anilines is 2. The summed E-state index contributed by atoms with van der Waals surface area (Å²) in [6, 6.07) is 10.9. The Balaban J connectivity index is 2.33. The normalized spacial score (nSPS) is 11.5.